The van der Waals surface area contributed by atoms with Crippen molar-refractivity contribution in [3.8, 4) is 5.75 Å². The summed E-state index contributed by atoms with van der Waals surface area (Å²) in [5, 5.41) is 3.39. The van der Waals surface area contributed by atoms with Crippen LogP contribution in [0.1, 0.15) is 24.6 Å². The van der Waals surface area contributed by atoms with E-state index in [1.54, 1.807) is 7.11 Å². The summed E-state index contributed by atoms with van der Waals surface area (Å²) < 4.78 is 9.44. The molecular weight excluding hydrogens is 386 g/mol. The Kier molecular flexibility index (Phi) is 3.77. The Hall–Kier alpha value is -1.01. The first-order valence-corrected chi connectivity index (χ1v) is 8.02. The van der Waals surface area contributed by atoms with Crippen molar-refractivity contribution in [2.45, 2.75) is 25.8 Å². The fourth-order valence-corrected chi connectivity index (χ4v) is 3.40. The molecule has 1 saturated carbocycles. The minimum Gasteiger partial charge on any atom is -0.495 e. The van der Waals surface area contributed by atoms with E-state index >= 15 is 0 Å². The molecule has 0 saturated heterocycles. The molecule has 1 aliphatic carbocycles. The van der Waals surface area contributed by atoms with Gasteiger partial charge < -0.3 is 14.6 Å². The van der Waals surface area contributed by atoms with E-state index in [-0.39, 0.29) is 0 Å². The molecular formula is C14H15Br2N3O. The number of nitrogens with one attached hydrogen (secondary N) is 1. The maximum absolute atomic E-state index is 5.34. The lowest BCUT2D eigenvalue weighted by molar-refractivity contribution is 0.412. The number of nitrogens with zero attached hydrogens (tertiary/aromatic N) is 2. The van der Waals surface area contributed by atoms with Crippen LogP contribution in [0.5, 0.6) is 5.75 Å². The molecule has 0 atom stereocenters. The zero-order valence-corrected chi connectivity index (χ0v) is 14.5. The van der Waals surface area contributed by atoms with Crippen molar-refractivity contribution in [3.63, 3.8) is 0 Å². The third-order valence-corrected chi connectivity index (χ3v) is 4.56. The van der Waals surface area contributed by atoms with Gasteiger partial charge in [0.1, 0.15) is 5.75 Å². The van der Waals surface area contributed by atoms with E-state index in [2.05, 4.69) is 52.9 Å². The smallest absolute Gasteiger partial charge is 0.207 e. The number of anilines is 2. The van der Waals surface area contributed by atoms with Gasteiger partial charge in [-0.05, 0) is 57.7 Å². The molecule has 106 valence electrons. The first-order chi connectivity index (χ1) is 9.58. The molecule has 0 amide bonds. The van der Waals surface area contributed by atoms with Gasteiger partial charge in [-0.15, -0.1) is 0 Å². The lowest BCUT2D eigenvalue weighted by Crippen LogP contribution is -2.02. The number of imidazole rings is 1. The third-order valence-electron chi connectivity index (χ3n) is 3.28. The Morgan fingerprint density at radius 1 is 1.30 bits per heavy atom. The van der Waals surface area contributed by atoms with Gasteiger partial charge in [-0.2, -0.15) is 0 Å². The van der Waals surface area contributed by atoms with Crippen LogP contribution in [-0.2, 0) is 0 Å². The molecule has 2 aromatic rings. The first-order valence-electron chi connectivity index (χ1n) is 6.44. The maximum Gasteiger partial charge on any atom is 0.207 e. The van der Waals surface area contributed by atoms with Gasteiger partial charge in [-0.3, -0.25) is 0 Å². The lowest BCUT2D eigenvalue weighted by atomic mass is 10.3. The van der Waals surface area contributed by atoms with Crippen LogP contribution >= 0.6 is 31.9 Å². The van der Waals surface area contributed by atoms with Crippen molar-refractivity contribution >= 4 is 43.5 Å². The fourth-order valence-electron chi connectivity index (χ4n) is 2.14. The molecule has 1 heterocycles. The molecule has 1 aromatic carbocycles. The quantitative estimate of drug-likeness (QED) is 0.800. The molecule has 0 bridgehead atoms. The number of benzene rings is 1. The highest BCUT2D eigenvalue weighted by atomic mass is 79.9. The van der Waals surface area contributed by atoms with Crippen molar-refractivity contribution in [2.75, 3.05) is 12.4 Å². The lowest BCUT2D eigenvalue weighted by Gasteiger charge is -2.12. The largest absolute Gasteiger partial charge is 0.495 e. The average molecular weight is 401 g/mol. The minimum absolute atomic E-state index is 0.592. The second kappa shape index (κ2) is 5.41. The van der Waals surface area contributed by atoms with Gasteiger partial charge >= 0.3 is 0 Å². The van der Waals surface area contributed by atoms with E-state index in [0.717, 1.165) is 32.0 Å². The number of aryl methyl sites for hydroxylation is 1. The summed E-state index contributed by atoms with van der Waals surface area (Å²) in [6, 6.07) is 4.52. The number of halogens is 2. The van der Waals surface area contributed by atoms with E-state index < -0.39 is 0 Å². The fraction of sp³-hybridized carbons (Fsp3) is 0.357. The van der Waals surface area contributed by atoms with Crippen LogP contribution in [0.3, 0.4) is 0 Å². The van der Waals surface area contributed by atoms with Gasteiger partial charge in [0.2, 0.25) is 5.95 Å². The maximum atomic E-state index is 5.34. The highest BCUT2D eigenvalue weighted by molar-refractivity contribution is 9.11. The van der Waals surface area contributed by atoms with Crippen LogP contribution in [0.25, 0.3) is 0 Å². The molecule has 4 nitrogen and oxygen atoms in total. The molecule has 20 heavy (non-hydrogen) atoms. The van der Waals surface area contributed by atoms with Gasteiger partial charge in [0.25, 0.3) is 0 Å². The predicted molar refractivity (Wildman–Crippen MR) is 86.9 cm³/mol. The van der Waals surface area contributed by atoms with Crippen molar-refractivity contribution in [2.24, 2.45) is 0 Å². The van der Waals surface area contributed by atoms with E-state index in [1.165, 1.54) is 12.8 Å². The van der Waals surface area contributed by atoms with Crippen LogP contribution in [0.4, 0.5) is 11.6 Å². The number of methoxy groups -OCH3 is 1. The Morgan fingerprint density at radius 3 is 2.70 bits per heavy atom. The summed E-state index contributed by atoms with van der Waals surface area (Å²) in [6.07, 6.45) is 4.56. The molecule has 1 aromatic heterocycles. The minimum atomic E-state index is 0.592. The van der Waals surface area contributed by atoms with E-state index in [0.29, 0.717) is 6.04 Å². The van der Waals surface area contributed by atoms with E-state index in [1.807, 2.05) is 19.1 Å². The van der Waals surface area contributed by atoms with Crippen LogP contribution < -0.4 is 10.1 Å². The number of hydrogen-bond donors (Lipinski definition) is 1. The van der Waals surface area contributed by atoms with Crippen LogP contribution in [0.15, 0.2) is 27.3 Å². The number of aromatic nitrogens is 2. The Labute approximate surface area is 134 Å². The second-order valence-corrected chi connectivity index (χ2v) is 6.64. The van der Waals surface area contributed by atoms with Gasteiger partial charge in [0.05, 0.1) is 23.0 Å². The van der Waals surface area contributed by atoms with E-state index in [4.69, 9.17) is 4.74 Å². The average Bonchev–Trinajstić information content (AvgIpc) is 3.17. The summed E-state index contributed by atoms with van der Waals surface area (Å²) in [5.74, 6) is 1.67. The second-order valence-electron chi connectivity index (χ2n) is 4.94. The summed E-state index contributed by atoms with van der Waals surface area (Å²) in [7, 11) is 1.66. The zero-order chi connectivity index (χ0) is 14.3. The van der Waals surface area contributed by atoms with Crippen molar-refractivity contribution in [3.05, 3.63) is 33.0 Å². The number of ether oxygens (including phenoxy) is 1. The normalized spacial score (nSPS) is 14.4. The van der Waals surface area contributed by atoms with Crippen LogP contribution in [0.2, 0.25) is 0 Å². The predicted octanol–water partition coefficient (Wildman–Crippen LogP) is 4.80. The molecule has 0 aliphatic heterocycles. The summed E-state index contributed by atoms with van der Waals surface area (Å²) in [4.78, 5) is 4.56. The van der Waals surface area contributed by atoms with E-state index in [9.17, 15) is 0 Å². The van der Waals surface area contributed by atoms with Gasteiger partial charge in [0.15, 0.2) is 0 Å². The molecule has 0 radical (unpaired) electrons. The summed E-state index contributed by atoms with van der Waals surface area (Å²) in [5.41, 5.74) is 1.97. The van der Waals surface area contributed by atoms with Gasteiger partial charge in [0, 0.05) is 22.8 Å². The van der Waals surface area contributed by atoms with Crippen molar-refractivity contribution in [1.82, 2.24) is 9.55 Å². The van der Waals surface area contributed by atoms with Gasteiger partial charge in [-0.25, -0.2) is 4.98 Å². The van der Waals surface area contributed by atoms with Crippen LogP contribution in [-0.4, -0.2) is 16.7 Å². The summed E-state index contributed by atoms with van der Waals surface area (Å²) in [6.45, 7) is 2.02. The van der Waals surface area contributed by atoms with Crippen LogP contribution in [0, 0.1) is 6.92 Å². The van der Waals surface area contributed by atoms with Crippen molar-refractivity contribution in [1.29, 1.82) is 0 Å². The summed E-state index contributed by atoms with van der Waals surface area (Å²) >= 11 is 7.04. The highest BCUT2D eigenvalue weighted by Gasteiger charge is 2.26. The monoisotopic (exact) mass is 399 g/mol. The number of hydrogen-bond acceptors (Lipinski definition) is 3. The molecule has 1 fully saturated rings. The topological polar surface area (TPSA) is 39.1 Å². The third kappa shape index (κ3) is 2.72. The number of rotatable bonds is 4. The van der Waals surface area contributed by atoms with Gasteiger partial charge in [-0.1, -0.05) is 0 Å². The molecule has 1 N–H and O–H groups in total. The molecule has 1 aliphatic rings. The highest BCUT2D eigenvalue weighted by Crippen LogP contribution is 2.40. The van der Waals surface area contributed by atoms with Crippen molar-refractivity contribution < 1.29 is 4.74 Å². The molecule has 0 spiro atoms. The Balaban J connectivity index is 1.94. The Bertz CT molecular complexity index is 650. The zero-order valence-electron chi connectivity index (χ0n) is 11.3. The standard InChI is InChI=1S/C14H15Br2N3O/c1-8-7-19(9-3-4-9)14(17-8)18-12-6-13(20-2)11(16)5-10(12)15/h5-7,9H,3-4H2,1-2H3,(H,17,18). The molecule has 3 rings (SSSR count). The Morgan fingerprint density at radius 2 is 2.05 bits per heavy atom. The molecule has 6 heteroatoms. The molecule has 0 unspecified atom stereocenters. The SMILES string of the molecule is COc1cc(Nc2nc(C)cn2C2CC2)c(Br)cc1Br. The first kappa shape index (κ1) is 13.9.